The lowest BCUT2D eigenvalue weighted by Crippen LogP contribution is -2.25. The second-order valence-electron chi connectivity index (χ2n) is 8.42. The Hall–Kier alpha value is -1.06. The van der Waals surface area contributed by atoms with Crippen LogP contribution in [0.25, 0.3) is 0 Å². The molecule has 2 saturated carbocycles. The Morgan fingerprint density at radius 1 is 0.885 bits per heavy atom. The van der Waals surface area contributed by atoms with Gasteiger partial charge in [0.15, 0.2) is 0 Å². The van der Waals surface area contributed by atoms with Gasteiger partial charge in [-0.3, -0.25) is 0 Å². The summed E-state index contributed by atoms with van der Waals surface area (Å²) in [7, 11) is 0. The number of hydrogen-bond donors (Lipinski definition) is 0. The van der Waals surface area contributed by atoms with E-state index in [2.05, 4.69) is 6.92 Å². The molecule has 1 aromatic carbocycles. The normalized spacial score (nSPS) is 30.3. The molecule has 0 amide bonds. The number of benzene rings is 1. The first-order valence-corrected chi connectivity index (χ1v) is 10.2. The lowest BCUT2D eigenvalue weighted by Gasteiger charge is -2.38. The van der Waals surface area contributed by atoms with E-state index in [0.29, 0.717) is 0 Å². The predicted molar refractivity (Wildman–Crippen MR) is 96.5 cm³/mol. The van der Waals surface area contributed by atoms with Crippen LogP contribution in [0.5, 0.6) is 0 Å². The van der Waals surface area contributed by atoms with E-state index in [9.17, 15) is 17.6 Å². The van der Waals surface area contributed by atoms with Crippen molar-refractivity contribution in [2.75, 3.05) is 0 Å². The number of rotatable bonds is 4. The molecule has 0 saturated heterocycles. The van der Waals surface area contributed by atoms with Crippen LogP contribution in [-0.4, -0.2) is 0 Å². The zero-order valence-electron chi connectivity index (χ0n) is 15.6. The zero-order valence-corrected chi connectivity index (χ0v) is 15.6. The summed E-state index contributed by atoms with van der Waals surface area (Å²) in [6, 6.07) is 3.50. The first-order chi connectivity index (χ1) is 12.4. The van der Waals surface area contributed by atoms with Crippen molar-refractivity contribution in [2.45, 2.75) is 83.2 Å². The summed E-state index contributed by atoms with van der Waals surface area (Å²) in [6.45, 7) is 2.26. The van der Waals surface area contributed by atoms with Crippen LogP contribution in [0.1, 0.15) is 88.2 Å². The van der Waals surface area contributed by atoms with Gasteiger partial charge >= 0.3 is 6.18 Å². The smallest absolute Gasteiger partial charge is 0.206 e. The van der Waals surface area contributed by atoms with Crippen LogP contribution >= 0.6 is 0 Å². The van der Waals surface area contributed by atoms with Crippen LogP contribution in [0.2, 0.25) is 0 Å². The average molecular weight is 370 g/mol. The topological polar surface area (TPSA) is 0 Å². The van der Waals surface area contributed by atoms with Gasteiger partial charge in [0, 0.05) is 0 Å². The maximum absolute atomic E-state index is 13.8. The predicted octanol–water partition coefficient (Wildman–Crippen LogP) is 7.72. The van der Waals surface area contributed by atoms with Crippen LogP contribution in [0.4, 0.5) is 17.6 Å². The van der Waals surface area contributed by atoms with Gasteiger partial charge in [0.05, 0.1) is 5.56 Å². The lowest BCUT2D eigenvalue weighted by atomic mass is 9.68. The van der Waals surface area contributed by atoms with E-state index in [1.165, 1.54) is 44.6 Å². The monoisotopic (exact) mass is 370 g/mol. The van der Waals surface area contributed by atoms with Gasteiger partial charge in [0.1, 0.15) is 5.82 Å². The van der Waals surface area contributed by atoms with E-state index >= 15 is 0 Å². The molecule has 0 nitrogen and oxygen atoms in total. The van der Waals surface area contributed by atoms with Crippen LogP contribution in [0.15, 0.2) is 18.2 Å². The lowest BCUT2D eigenvalue weighted by molar-refractivity contribution is -0.140. The molecule has 0 heterocycles. The van der Waals surface area contributed by atoms with Crippen LogP contribution in [-0.2, 0) is 6.18 Å². The van der Waals surface area contributed by atoms with Gasteiger partial charge in [-0.2, -0.15) is 13.2 Å². The molecule has 3 rings (SSSR count). The van der Waals surface area contributed by atoms with Crippen molar-refractivity contribution < 1.29 is 17.6 Å². The summed E-state index contributed by atoms with van der Waals surface area (Å²) in [4.78, 5) is 0. The van der Waals surface area contributed by atoms with Gasteiger partial charge < -0.3 is 0 Å². The van der Waals surface area contributed by atoms with Crippen LogP contribution in [0.3, 0.4) is 0 Å². The summed E-state index contributed by atoms with van der Waals surface area (Å²) >= 11 is 0. The Labute approximate surface area is 154 Å². The largest absolute Gasteiger partial charge is 0.419 e. The van der Waals surface area contributed by atoms with Crippen LogP contribution < -0.4 is 0 Å². The summed E-state index contributed by atoms with van der Waals surface area (Å²) in [5.74, 6) is 1.58. The molecule has 4 heteroatoms. The second kappa shape index (κ2) is 8.31. The van der Waals surface area contributed by atoms with E-state index in [0.717, 1.165) is 61.1 Å². The Balaban J connectivity index is 1.53. The van der Waals surface area contributed by atoms with Gasteiger partial charge in [-0.05, 0) is 79.9 Å². The fraction of sp³-hybridized carbons (Fsp3) is 0.727. The van der Waals surface area contributed by atoms with Crippen molar-refractivity contribution in [1.29, 1.82) is 0 Å². The minimum atomic E-state index is -4.61. The molecule has 2 fully saturated rings. The molecule has 2 aliphatic rings. The Morgan fingerprint density at radius 2 is 1.46 bits per heavy atom. The first-order valence-electron chi connectivity index (χ1n) is 10.2. The molecule has 0 atom stereocenters. The van der Waals surface area contributed by atoms with Crippen molar-refractivity contribution in [3.05, 3.63) is 35.1 Å². The average Bonchev–Trinajstić information content (AvgIpc) is 2.62. The molecular weight excluding hydrogens is 340 g/mol. The highest BCUT2D eigenvalue weighted by atomic mass is 19.4. The summed E-state index contributed by atoms with van der Waals surface area (Å²) < 4.78 is 52.0. The molecule has 1 aromatic rings. The van der Waals surface area contributed by atoms with Crippen molar-refractivity contribution >= 4 is 0 Å². The highest BCUT2D eigenvalue weighted by molar-refractivity contribution is 5.29. The molecule has 0 aromatic heterocycles. The third-order valence-electron chi connectivity index (χ3n) is 6.80. The fourth-order valence-electron chi connectivity index (χ4n) is 5.30. The van der Waals surface area contributed by atoms with Crippen LogP contribution in [0, 0.1) is 23.6 Å². The molecule has 146 valence electrons. The van der Waals surface area contributed by atoms with E-state index < -0.39 is 17.6 Å². The van der Waals surface area contributed by atoms with Gasteiger partial charge in [-0.15, -0.1) is 0 Å². The maximum atomic E-state index is 13.8. The zero-order chi connectivity index (χ0) is 18.7. The molecule has 0 bridgehead atoms. The molecule has 26 heavy (non-hydrogen) atoms. The van der Waals surface area contributed by atoms with E-state index in [-0.39, 0.29) is 5.92 Å². The third kappa shape index (κ3) is 4.61. The first kappa shape index (κ1) is 19.7. The molecule has 0 unspecified atom stereocenters. The molecule has 2 aliphatic carbocycles. The van der Waals surface area contributed by atoms with Crippen molar-refractivity contribution in [3.63, 3.8) is 0 Å². The number of alkyl halides is 3. The van der Waals surface area contributed by atoms with Gasteiger partial charge in [0.2, 0.25) is 0 Å². The molecular formula is C22H30F4. The summed E-state index contributed by atoms with van der Waals surface area (Å²) in [5, 5.41) is 0. The standard InChI is InChI=1S/C22H30F4/c1-2-3-15-4-6-16(7-5-15)17-8-10-18(11-9-17)19-12-13-20(21(23)14-19)22(24,25)26/h12-18H,2-11H2,1H3/t15-,16-,17?,18?. The Morgan fingerprint density at radius 3 is 1.96 bits per heavy atom. The third-order valence-corrected chi connectivity index (χ3v) is 6.80. The summed E-state index contributed by atoms with van der Waals surface area (Å²) in [5.41, 5.74) is -0.417. The van der Waals surface area contributed by atoms with Crippen molar-refractivity contribution in [2.24, 2.45) is 17.8 Å². The molecule has 0 aliphatic heterocycles. The highest BCUT2D eigenvalue weighted by Gasteiger charge is 2.35. The van der Waals surface area contributed by atoms with Gasteiger partial charge in [0.25, 0.3) is 0 Å². The Bertz CT molecular complexity index is 576. The van der Waals surface area contributed by atoms with Gasteiger partial charge in [-0.1, -0.05) is 38.7 Å². The van der Waals surface area contributed by atoms with E-state index in [1.54, 1.807) is 0 Å². The number of halogens is 4. The Kier molecular flexibility index (Phi) is 6.29. The maximum Gasteiger partial charge on any atom is 0.419 e. The quantitative estimate of drug-likeness (QED) is 0.476. The highest BCUT2D eigenvalue weighted by Crippen LogP contribution is 2.45. The van der Waals surface area contributed by atoms with Crippen molar-refractivity contribution in [1.82, 2.24) is 0 Å². The SMILES string of the molecule is CCC[C@H]1CC[C@H](C2CCC(c3ccc(C(F)(F)F)c(F)c3)CC2)CC1. The summed E-state index contributed by atoms with van der Waals surface area (Å²) in [6.07, 6.45) is 7.66. The van der Waals surface area contributed by atoms with E-state index in [1.807, 2.05) is 0 Å². The minimum absolute atomic E-state index is 0.208. The minimum Gasteiger partial charge on any atom is -0.206 e. The molecule has 0 N–H and O–H groups in total. The van der Waals surface area contributed by atoms with Gasteiger partial charge in [-0.25, -0.2) is 4.39 Å². The molecule has 0 spiro atoms. The van der Waals surface area contributed by atoms with E-state index in [4.69, 9.17) is 0 Å². The van der Waals surface area contributed by atoms with Crippen molar-refractivity contribution in [3.8, 4) is 0 Å². The second-order valence-corrected chi connectivity index (χ2v) is 8.42. The fourth-order valence-corrected chi connectivity index (χ4v) is 5.30. The number of hydrogen-bond acceptors (Lipinski definition) is 0. The molecule has 0 radical (unpaired) electrons.